The Balaban J connectivity index is 1.91. The molecule has 6 heteroatoms. The Hall–Kier alpha value is -3.93. The second kappa shape index (κ2) is 7.98. The standard InChI is InChI=1S/C23H18FN3O2/c1-29-23(28)20-18-9-5-6-10-19(18)25-22(20)21(15-11-13-16(24)14-12-15)27-26-17-7-3-2-4-8-17/h2-14,25-26H,1H3. The van der Waals surface area contributed by atoms with Crippen molar-refractivity contribution in [2.75, 3.05) is 12.5 Å². The summed E-state index contributed by atoms with van der Waals surface area (Å²) in [5.74, 6) is -0.832. The van der Waals surface area contributed by atoms with Crippen LogP contribution in [0.3, 0.4) is 0 Å². The van der Waals surface area contributed by atoms with Crippen molar-refractivity contribution in [1.82, 2.24) is 4.98 Å². The van der Waals surface area contributed by atoms with E-state index in [-0.39, 0.29) is 5.82 Å². The molecular formula is C23H18FN3O2. The number of para-hydroxylation sites is 2. The van der Waals surface area contributed by atoms with Crippen LogP contribution in [0.4, 0.5) is 10.1 Å². The molecular weight excluding hydrogens is 369 g/mol. The zero-order chi connectivity index (χ0) is 20.2. The van der Waals surface area contributed by atoms with Crippen LogP contribution in [0.5, 0.6) is 0 Å². The van der Waals surface area contributed by atoms with E-state index in [1.54, 1.807) is 12.1 Å². The molecule has 0 atom stereocenters. The predicted molar refractivity (Wildman–Crippen MR) is 112 cm³/mol. The van der Waals surface area contributed by atoms with Crippen molar-refractivity contribution in [1.29, 1.82) is 0 Å². The van der Waals surface area contributed by atoms with E-state index in [9.17, 15) is 9.18 Å². The van der Waals surface area contributed by atoms with Gasteiger partial charge in [0.1, 0.15) is 11.5 Å². The van der Waals surface area contributed by atoms with Crippen molar-refractivity contribution in [3.05, 3.63) is 102 Å². The highest BCUT2D eigenvalue weighted by atomic mass is 19.1. The molecule has 0 saturated heterocycles. The van der Waals surface area contributed by atoms with Crippen LogP contribution in [-0.2, 0) is 4.74 Å². The van der Waals surface area contributed by atoms with E-state index in [1.807, 2.05) is 54.6 Å². The first-order chi connectivity index (χ1) is 14.2. The molecule has 2 N–H and O–H groups in total. The van der Waals surface area contributed by atoms with E-state index in [0.717, 1.165) is 16.6 Å². The minimum atomic E-state index is -0.480. The van der Waals surface area contributed by atoms with Crippen molar-refractivity contribution in [3.8, 4) is 0 Å². The monoisotopic (exact) mass is 387 g/mol. The zero-order valence-corrected chi connectivity index (χ0v) is 15.6. The molecule has 0 unspecified atom stereocenters. The topological polar surface area (TPSA) is 66.5 Å². The van der Waals surface area contributed by atoms with Crippen LogP contribution in [0.2, 0.25) is 0 Å². The molecule has 5 nitrogen and oxygen atoms in total. The number of methoxy groups -OCH3 is 1. The molecule has 0 bridgehead atoms. The maximum Gasteiger partial charge on any atom is 0.340 e. The first kappa shape index (κ1) is 18.4. The summed E-state index contributed by atoms with van der Waals surface area (Å²) in [6.45, 7) is 0. The third kappa shape index (κ3) is 3.73. The van der Waals surface area contributed by atoms with Crippen LogP contribution in [-0.4, -0.2) is 23.8 Å². The molecule has 4 aromatic rings. The van der Waals surface area contributed by atoms with Gasteiger partial charge in [-0.3, -0.25) is 5.43 Å². The number of halogens is 1. The van der Waals surface area contributed by atoms with E-state index in [0.29, 0.717) is 22.5 Å². The van der Waals surface area contributed by atoms with Gasteiger partial charge < -0.3 is 9.72 Å². The molecule has 0 aliphatic rings. The molecule has 29 heavy (non-hydrogen) atoms. The fraction of sp³-hybridized carbons (Fsp3) is 0.0435. The number of hydrazone groups is 1. The van der Waals surface area contributed by atoms with E-state index in [2.05, 4.69) is 15.5 Å². The van der Waals surface area contributed by atoms with Gasteiger partial charge in [-0.1, -0.05) is 36.4 Å². The lowest BCUT2D eigenvalue weighted by Crippen LogP contribution is -2.13. The van der Waals surface area contributed by atoms with Gasteiger partial charge in [0.15, 0.2) is 0 Å². The molecule has 3 aromatic carbocycles. The number of hydrogen-bond donors (Lipinski definition) is 2. The normalized spacial score (nSPS) is 11.4. The summed E-state index contributed by atoms with van der Waals surface area (Å²) in [5.41, 5.74) is 6.54. The lowest BCUT2D eigenvalue weighted by Gasteiger charge is -2.09. The lowest BCUT2D eigenvalue weighted by atomic mass is 10.0. The molecule has 0 aliphatic heterocycles. The highest BCUT2D eigenvalue weighted by Crippen LogP contribution is 2.26. The number of anilines is 1. The average Bonchev–Trinajstić information content (AvgIpc) is 3.14. The fourth-order valence-electron chi connectivity index (χ4n) is 3.14. The summed E-state index contributed by atoms with van der Waals surface area (Å²) in [7, 11) is 1.34. The second-order valence-electron chi connectivity index (χ2n) is 6.36. The Morgan fingerprint density at radius 1 is 0.966 bits per heavy atom. The Kier molecular flexibility index (Phi) is 5.07. The number of nitrogens with one attached hydrogen (secondary N) is 2. The van der Waals surface area contributed by atoms with Crippen LogP contribution in [0, 0.1) is 5.82 Å². The van der Waals surface area contributed by atoms with Gasteiger partial charge >= 0.3 is 5.97 Å². The minimum Gasteiger partial charge on any atom is -0.465 e. The van der Waals surface area contributed by atoms with Gasteiger partial charge in [0.2, 0.25) is 0 Å². The highest BCUT2D eigenvalue weighted by molar-refractivity contribution is 6.21. The Labute approximate surface area is 166 Å². The number of hydrogen-bond acceptors (Lipinski definition) is 4. The molecule has 0 spiro atoms. The number of aromatic amines is 1. The Morgan fingerprint density at radius 3 is 2.38 bits per heavy atom. The average molecular weight is 387 g/mol. The zero-order valence-electron chi connectivity index (χ0n) is 15.6. The van der Waals surface area contributed by atoms with Gasteiger partial charge in [-0.15, -0.1) is 0 Å². The number of esters is 1. The number of benzene rings is 3. The number of H-pyrrole nitrogens is 1. The van der Waals surface area contributed by atoms with E-state index >= 15 is 0 Å². The van der Waals surface area contributed by atoms with Crippen molar-refractivity contribution in [2.45, 2.75) is 0 Å². The van der Waals surface area contributed by atoms with Crippen molar-refractivity contribution in [3.63, 3.8) is 0 Å². The number of rotatable bonds is 5. The minimum absolute atomic E-state index is 0.353. The van der Waals surface area contributed by atoms with Crippen LogP contribution in [0.25, 0.3) is 10.9 Å². The van der Waals surface area contributed by atoms with Crippen LogP contribution in [0.15, 0.2) is 84.0 Å². The third-order valence-electron chi connectivity index (χ3n) is 4.52. The smallest absolute Gasteiger partial charge is 0.340 e. The second-order valence-corrected chi connectivity index (χ2v) is 6.36. The van der Waals surface area contributed by atoms with Gasteiger partial charge in [0.05, 0.1) is 24.1 Å². The maximum atomic E-state index is 13.5. The fourth-order valence-corrected chi connectivity index (χ4v) is 3.14. The van der Waals surface area contributed by atoms with Crippen LogP contribution in [0.1, 0.15) is 21.6 Å². The van der Waals surface area contributed by atoms with Crippen LogP contribution < -0.4 is 5.43 Å². The Morgan fingerprint density at radius 2 is 1.66 bits per heavy atom. The summed E-state index contributed by atoms with van der Waals surface area (Å²) >= 11 is 0. The molecule has 0 saturated carbocycles. The lowest BCUT2D eigenvalue weighted by molar-refractivity contribution is 0.0603. The first-order valence-electron chi connectivity index (χ1n) is 9.01. The molecule has 4 rings (SSSR count). The third-order valence-corrected chi connectivity index (χ3v) is 4.52. The molecule has 1 heterocycles. The summed E-state index contributed by atoms with van der Waals surface area (Å²) < 4.78 is 18.5. The molecule has 0 fully saturated rings. The molecule has 1 aromatic heterocycles. The molecule has 0 aliphatic carbocycles. The van der Waals surface area contributed by atoms with Crippen molar-refractivity contribution >= 4 is 28.3 Å². The number of ether oxygens (including phenoxy) is 1. The van der Waals surface area contributed by atoms with Crippen molar-refractivity contribution in [2.24, 2.45) is 5.10 Å². The number of carbonyl (C=O) groups excluding carboxylic acids is 1. The summed E-state index contributed by atoms with van der Waals surface area (Å²) in [6.07, 6.45) is 0. The number of carbonyl (C=O) groups is 1. The maximum absolute atomic E-state index is 13.5. The van der Waals surface area contributed by atoms with E-state index in [1.165, 1.54) is 19.2 Å². The number of fused-ring (bicyclic) bond motifs is 1. The largest absolute Gasteiger partial charge is 0.465 e. The van der Waals surface area contributed by atoms with Gasteiger partial charge in [-0.2, -0.15) is 5.10 Å². The summed E-state index contributed by atoms with van der Waals surface area (Å²) in [4.78, 5) is 15.9. The number of nitrogens with zero attached hydrogens (tertiary/aromatic N) is 1. The number of aromatic nitrogens is 1. The van der Waals surface area contributed by atoms with Crippen molar-refractivity contribution < 1.29 is 13.9 Å². The SMILES string of the molecule is COC(=O)c1c(C(=NNc2ccccc2)c2ccc(F)cc2)[nH]c2ccccc12. The van der Waals surface area contributed by atoms with Gasteiger partial charge in [-0.05, 0) is 42.5 Å². The van der Waals surface area contributed by atoms with E-state index < -0.39 is 5.97 Å². The van der Waals surface area contributed by atoms with Gasteiger partial charge in [0.25, 0.3) is 0 Å². The molecule has 0 amide bonds. The van der Waals surface area contributed by atoms with E-state index in [4.69, 9.17) is 4.74 Å². The van der Waals surface area contributed by atoms with Crippen LogP contribution >= 0.6 is 0 Å². The summed E-state index contributed by atoms with van der Waals surface area (Å²) in [5, 5.41) is 5.27. The summed E-state index contributed by atoms with van der Waals surface area (Å²) in [6, 6.07) is 22.8. The highest BCUT2D eigenvalue weighted by Gasteiger charge is 2.23. The molecule has 0 radical (unpaired) electrons. The van der Waals surface area contributed by atoms with Gasteiger partial charge in [-0.25, -0.2) is 9.18 Å². The predicted octanol–water partition coefficient (Wildman–Crippen LogP) is 4.96. The first-order valence-corrected chi connectivity index (χ1v) is 9.01. The molecule has 144 valence electrons. The Bertz CT molecular complexity index is 1180. The quantitative estimate of drug-likeness (QED) is 0.289. The van der Waals surface area contributed by atoms with Gasteiger partial charge in [0, 0.05) is 16.5 Å².